The lowest BCUT2D eigenvalue weighted by atomic mass is 9.94. The van der Waals surface area contributed by atoms with Crippen molar-refractivity contribution < 1.29 is 9.53 Å². The molecule has 2 saturated heterocycles. The fourth-order valence-electron chi connectivity index (χ4n) is 4.50. The first-order valence-corrected chi connectivity index (χ1v) is 11.0. The summed E-state index contributed by atoms with van der Waals surface area (Å²) in [6, 6.07) is 8.13. The molecule has 2 aliphatic rings. The summed E-state index contributed by atoms with van der Waals surface area (Å²) >= 11 is 0. The van der Waals surface area contributed by atoms with E-state index in [1.54, 1.807) is 13.4 Å². The van der Waals surface area contributed by atoms with Gasteiger partial charge in [0.05, 0.1) is 19.0 Å². The van der Waals surface area contributed by atoms with Gasteiger partial charge in [-0.3, -0.25) is 4.79 Å². The maximum absolute atomic E-state index is 13.2. The van der Waals surface area contributed by atoms with Crippen molar-refractivity contribution in [3.8, 4) is 5.75 Å². The molecule has 2 aliphatic heterocycles. The van der Waals surface area contributed by atoms with Gasteiger partial charge in [-0.2, -0.15) is 0 Å². The molecule has 0 aliphatic carbocycles. The fraction of sp³-hybridized carbons (Fsp3) is 0.522. The number of carbonyl (C=O) groups excluding carboxylic acids is 1. The van der Waals surface area contributed by atoms with Crippen LogP contribution in [0, 0.1) is 5.92 Å². The molecule has 0 N–H and O–H groups in total. The second-order valence-electron chi connectivity index (χ2n) is 8.40. The van der Waals surface area contributed by atoms with E-state index in [0.717, 1.165) is 75.1 Å². The fourth-order valence-corrected chi connectivity index (χ4v) is 4.50. The Kier molecular flexibility index (Phi) is 6.44. The lowest BCUT2D eigenvalue weighted by Crippen LogP contribution is -2.51. The van der Waals surface area contributed by atoms with Gasteiger partial charge in [-0.1, -0.05) is 6.07 Å². The lowest BCUT2D eigenvalue weighted by molar-refractivity contribution is -0.136. The van der Waals surface area contributed by atoms with E-state index in [2.05, 4.69) is 31.9 Å². The second kappa shape index (κ2) is 9.41. The van der Waals surface area contributed by atoms with Gasteiger partial charge in [-0.05, 0) is 25.0 Å². The third kappa shape index (κ3) is 4.68. The Morgan fingerprint density at radius 2 is 1.81 bits per heavy atom. The highest BCUT2D eigenvalue weighted by Crippen LogP contribution is 2.30. The molecule has 0 radical (unpaired) electrons. The minimum atomic E-state index is 0.104. The van der Waals surface area contributed by atoms with Gasteiger partial charge in [0, 0.05) is 71.0 Å². The summed E-state index contributed by atoms with van der Waals surface area (Å²) < 4.78 is 5.34. The average molecular weight is 425 g/mol. The first-order valence-electron chi connectivity index (χ1n) is 11.0. The number of carbonyl (C=O) groups is 1. The Labute approximate surface area is 184 Å². The largest absolute Gasteiger partial charge is 0.497 e. The molecular formula is C23H32N6O2. The number of methoxy groups -OCH3 is 1. The summed E-state index contributed by atoms with van der Waals surface area (Å²) in [7, 11) is 5.67. The van der Waals surface area contributed by atoms with E-state index in [-0.39, 0.29) is 5.92 Å². The molecule has 0 bridgehead atoms. The van der Waals surface area contributed by atoms with Crippen molar-refractivity contribution >= 4 is 23.1 Å². The zero-order valence-corrected chi connectivity index (χ0v) is 18.7. The molecule has 1 aromatic carbocycles. The highest BCUT2D eigenvalue weighted by molar-refractivity contribution is 5.79. The number of hydrogen-bond acceptors (Lipinski definition) is 7. The number of aromatic nitrogens is 2. The van der Waals surface area contributed by atoms with E-state index < -0.39 is 0 Å². The average Bonchev–Trinajstić information content (AvgIpc) is 2.84. The maximum Gasteiger partial charge on any atom is 0.225 e. The normalized spacial score (nSPS) is 17.6. The van der Waals surface area contributed by atoms with Crippen LogP contribution in [0.25, 0.3) is 0 Å². The number of rotatable bonds is 5. The Bertz CT molecular complexity index is 889. The van der Waals surface area contributed by atoms with Gasteiger partial charge < -0.3 is 24.3 Å². The SMILES string of the molecule is COc1cccc(N2CCN(C(=O)C3CCN(c4cncnc4N(C)C)CC3)CC2)c1. The molecule has 0 atom stereocenters. The third-order valence-corrected chi connectivity index (χ3v) is 6.29. The minimum Gasteiger partial charge on any atom is -0.497 e. The Balaban J connectivity index is 1.31. The first kappa shape index (κ1) is 21.2. The van der Waals surface area contributed by atoms with Crippen molar-refractivity contribution in [3.05, 3.63) is 36.8 Å². The van der Waals surface area contributed by atoms with Crippen molar-refractivity contribution in [3.63, 3.8) is 0 Å². The Morgan fingerprint density at radius 3 is 2.48 bits per heavy atom. The molecule has 4 rings (SSSR count). The van der Waals surface area contributed by atoms with Gasteiger partial charge in [-0.25, -0.2) is 9.97 Å². The quantitative estimate of drug-likeness (QED) is 0.728. The monoisotopic (exact) mass is 424 g/mol. The van der Waals surface area contributed by atoms with Crippen molar-refractivity contribution in [2.24, 2.45) is 5.92 Å². The van der Waals surface area contributed by atoms with Gasteiger partial charge in [0.2, 0.25) is 5.91 Å². The van der Waals surface area contributed by atoms with Crippen molar-refractivity contribution in [2.75, 3.05) is 75.2 Å². The van der Waals surface area contributed by atoms with Crippen LogP contribution in [-0.4, -0.2) is 81.2 Å². The summed E-state index contributed by atoms with van der Waals surface area (Å²) in [5.41, 5.74) is 2.20. The van der Waals surface area contributed by atoms with E-state index in [1.807, 2.05) is 42.2 Å². The summed E-state index contributed by atoms with van der Waals surface area (Å²) in [5, 5.41) is 0. The van der Waals surface area contributed by atoms with E-state index in [4.69, 9.17) is 4.74 Å². The predicted octanol–water partition coefficient (Wildman–Crippen LogP) is 2.12. The number of benzene rings is 1. The molecular weight excluding hydrogens is 392 g/mol. The van der Waals surface area contributed by atoms with Crippen molar-refractivity contribution in [2.45, 2.75) is 12.8 Å². The number of hydrogen-bond donors (Lipinski definition) is 0. The van der Waals surface area contributed by atoms with Crippen LogP contribution in [0.1, 0.15) is 12.8 Å². The first-order chi connectivity index (χ1) is 15.1. The van der Waals surface area contributed by atoms with Crippen LogP contribution in [0.5, 0.6) is 5.75 Å². The van der Waals surface area contributed by atoms with E-state index in [1.165, 1.54) is 0 Å². The number of ether oxygens (including phenoxy) is 1. The van der Waals surface area contributed by atoms with Gasteiger partial charge in [0.1, 0.15) is 12.1 Å². The molecule has 0 saturated carbocycles. The number of amides is 1. The van der Waals surface area contributed by atoms with Crippen LogP contribution in [0.15, 0.2) is 36.8 Å². The van der Waals surface area contributed by atoms with Gasteiger partial charge in [0.25, 0.3) is 0 Å². The van der Waals surface area contributed by atoms with Crippen molar-refractivity contribution in [1.82, 2.24) is 14.9 Å². The minimum absolute atomic E-state index is 0.104. The molecule has 31 heavy (non-hydrogen) atoms. The summed E-state index contributed by atoms with van der Waals surface area (Å²) in [6.45, 7) is 4.96. The highest BCUT2D eigenvalue weighted by Gasteiger charge is 2.31. The van der Waals surface area contributed by atoms with Crippen LogP contribution < -0.4 is 19.4 Å². The smallest absolute Gasteiger partial charge is 0.225 e. The Hall–Kier alpha value is -3.03. The summed E-state index contributed by atoms with van der Waals surface area (Å²) in [4.78, 5) is 30.5. The van der Waals surface area contributed by atoms with Crippen LogP contribution in [0.3, 0.4) is 0 Å². The highest BCUT2D eigenvalue weighted by atomic mass is 16.5. The topological polar surface area (TPSA) is 65.0 Å². The maximum atomic E-state index is 13.2. The van der Waals surface area contributed by atoms with Gasteiger partial charge in [-0.15, -0.1) is 0 Å². The predicted molar refractivity (Wildman–Crippen MR) is 123 cm³/mol. The second-order valence-corrected chi connectivity index (χ2v) is 8.40. The van der Waals surface area contributed by atoms with Crippen LogP contribution in [-0.2, 0) is 4.79 Å². The third-order valence-electron chi connectivity index (χ3n) is 6.29. The molecule has 8 heteroatoms. The number of piperidine rings is 1. The molecule has 3 heterocycles. The van der Waals surface area contributed by atoms with E-state index in [9.17, 15) is 4.79 Å². The molecule has 1 amide bonds. The molecule has 1 aromatic heterocycles. The van der Waals surface area contributed by atoms with Gasteiger partial charge in [0.15, 0.2) is 5.82 Å². The summed E-state index contributed by atoms with van der Waals surface area (Å²) in [5.74, 6) is 2.20. The molecule has 2 aromatic rings. The molecule has 166 valence electrons. The molecule has 8 nitrogen and oxygen atoms in total. The van der Waals surface area contributed by atoms with Crippen LogP contribution >= 0.6 is 0 Å². The van der Waals surface area contributed by atoms with Crippen LogP contribution in [0.4, 0.5) is 17.2 Å². The molecule has 0 unspecified atom stereocenters. The van der Waals surface area contributed by atoms with E-state index in [0.29, 0.717) is 5.91 Å². The lowest BCUT2D eigenvalue weighted by Gasteiger charge is -2.40. The number of anilines is 3. The molecule has 2 fully saturated rings. The van der Waals surface area contributed by atoms with Crippen molar-refractivity contribution in [1.29, 1.82) is 0 Å². The number of piperazine rings is 1. The zero-order valence-electron chi connectivity index (χ0n) is 18.7. The summed E-state index contributed by atoms with van der Waals surface area (Å²) in [6.07, 6.45) is 5.20. The van der Waals surface area contributed by atoms with Gasteiger partial charge >= 0.3 is 0 Å². The van der Waals surface area contributed by atoms with Crippen LogP contribution in [0.2, 0.25) is 0 Å². The van der Waals surface area contributed by atoms with E-state index >= 15 is 0 Å². The Morgan fingerprint density at radius 1 is 1.06 bits per heavy atom. The number of nitrogens with zero attached hydrogens (tertiary/aromatic N) is 6. The molecule has 0 spiro atoms. The standard InChI is InChI=1S/C23H32N6O2/c1-26(2)22-21(16-24-17-25-22)28-9-7-18(8-10-28)23(30)29-13-11-27(12-14-29)19-5-4-6-20(15-19)31-3/h4-6,15-18H,7-14H2,1-3H3. The zero-order chi connectivity index (χ0) is 21.8.